The number of carbonyl (C=O) groups is 2. The predicted octanol–water partition coefficient (Wildman–Crippen LogP) is -5.71. The standard InChI is InChI=1S/C3H4O3.ClO2.Na/c1-2(4)3(5)6;2-1-3;/h1H3,(H,5,6);;/q;-1;+1. The normalized spacial score (nSPS) is 6.30. The summed E-state index contributed by atoms with van der Waals surface area (Å²) >= 11 is -0.417. The molecule has 0 saturated heterocycles. The van der Waals surface area contributed by atoms with Crippen molar-refractivity contribution < 1.29 is 64.9 Å². The van der Waals surface area contributed by atoms with Crippen molar-refractivity contribution in [1.82, 2.24) is 0 Å². The van der Waals surface area contributed by atoms with Gasteiger partial charge in [0, 0.05) is 6.92 Å². The van der Waals surface area contributed by atoms with Crippen LogP contribution >= 0.6 is 0 Å². The summed E-state index contributed by atoms with van der Waals surface area (Å²) < 4.78 is 16.5. The first-order valence-electron chi connectivity index (χ1n) is 1.69. The number of halogens is 1. The molecule has 10 heavy (non-hydrogen) atoms. The third-order valence-electron chi connectivity index (χ3n) is 0.301. The molecule has 0 aliphatic carbocycles. The Labute approximate surface area is 83.4 Å². The summed E-state index contributed by atoms with van der Waals surface area (Å²) in [5, 5.41) is 7.64. The molecule has 0 aromatic carbocycles. The molecule has 0 aliphatic rings. The van der Waals surface area contributed by atoms with Crippen molar-refractivity contribution in [3.05, 3.63) is 0 Å². The molecule has 1 N–H and O–H groups in total. The zero-order valence-electron chi connectivity index (χ0n) is 5.46. The van der Waals surface area contributed by atoms with E-state index in [2.05, 4.69) is 0 Å². The molecule has 0 saturated carbocycles. The van der Waals surface area contributed by atoms with Gasteiger partial charge >= 0.3 is 35.5 Å². The molecule has 0 bridgehead atoms. The Morgan fingerprint density at radius 2 is 1.50 bits per heavy atom. The molecule has 0 heterocycles. The molecule has 0 atom stereocenters. The molecule has 0 unspecified atom stereocenters. The van der Waals surface area contributed by atoms with Gasteiger partial charge in [0.15, 0.2) is 0 Å². The van der Waals surface area contributed by atoms with Crippen LogP contribution in [0.2, 0.25) is 0 Å². The van der Waals surface area contributed by atoms with Gasteiger partial charge in [-0.15, -0.1) is 0 Å². The van der Waals surface area contributed by atoms with E-state index in [1.54, 1.807) is 0 Å². The number of Topliss-reactive ketones (excluding diaryl/α,β-unsaturated/α-hetero) is 1. The molecule has 0 spiro atoms. The van der Waals surface area contributed by atoms with Crippen LogP contribution in [-0.2, 0) is 9.59 Å². The van der Waals surface area contributed by atoms with Crippen LogP contribution in [0.5, 0.6) is 0 Å². The first kappa shape index (κ1) is 16.7. The van der Waals surface area contributed by atoms with E-state index in [0.717, 1.165) is 6.92 Å². The molecule has 0 radical (unpaired) electrons. The van der Waals surface area contributed by atoms with Gasteiger partial charge in [-0.05, 0) is 0 Å². The zero-order chi connectivity index (χ0) is 7.86. The van der Waals surface area contributed by atoms with E-state index >= 15 is 0 Å². The number of ketones is 1. The van der Waals surface area contributed by atoms with Crippen LogP contribution in [0.15, 0.2) is 0 Å². The van der Waals surface area contributed by atoms with E-state index in [-0.39, 0.29) is 29.6 Å². The average Bonchev–Trinajstić information content (AvgIpc) is 1.68. The summed E-state index contributed by atoms with van der Waals surface area (Å²) in [5.74, 6) is -2.20. The van der Waals surface area contributed by atoms with Crippen molar-refractivity contribution in [2.24, 2.45) is 0 Å². The second kappa shape index (κ2) is 12.1. The number of carbonyl (C=O) groups excluding carboxylic acids is 1. The molecular weight excluding hydrogens is 174 g/mol. The first-order chi connectivity index (χ1) is 4.06. The van der Waals surface area contributed by atoms with Crippen LogP contribution in [0.25, 0.3) is 0 Å². The van der Waals surface area contributed by atoms with Gasteiger partial charge in [-0.3, -0.25) is 4.79 Å². The zero-order valence-corrected chi connectivity index (χ0v) is 8.21. The van der Waals surface area contributed by atoms with Crippen molar-refractivity contribution in [1.29, 1.82) is 0 Å². The van der Waals surface area contributed by atoms with Crippen LogP contribution in [0, 0.1) is 11.3 Å². The molecule has 0 amide bonds. The Balaban J connectivity index is -0.000000107. The minimum Gasteiger partial charge on any atom is -0.544 e. The van der Waals surface area contributed by atoms with Gasteiger partial charge in [-0.1, -0.05) is 0 Å². The minimum absolute atomic E-state index is 0. The molecular formula is C3H4ClNaO5. The van der Waals surface area contributed by atoms with E-state index < -0.39 is 23.1 Å². The van der Waals surface area contributed by atoms with Gasteiger partial charge in [0.05, 0.1) is 11.3 Å². The van der Waals surface area contributed by atoms with Crippen LogP contribution in [0.3, 0.4) is 0 Å². The van der Waals surface area contributed by atoms with E-state index in [1.807, 2.05) is 0 Å². The average molecular weight is 179 g/mol. The largest absolute Gasteiger partial charge is 1.00 e. The summed E-state index contributed by atoms with van der Waals surface area (Å²) in [6.07, 6.45) is 0. The van der Waals surface area contributed by atoms with Crippen LogP contribution in [0.1, 0.15) is 6.92 Å². The fourth-order valence-electron chi connectivity index (χ4n) is 0. The third-order valence-corrected chi connectivity index (χ3v) is 0.301. The number of carboxylic acid groups (broad SMARTS) is 1. The number of aliphatic carboxylic acids is 1. The van der Waals surface area contributed by atoms with Gasteiger partial charge in [0.1, 0.15) is 0 Å². The Morgan fingerprint density at radius 1 is 1.40 bits per heavy atom. The van der Waals surface area contributed by atoms with Crippen molar-refractivity contribution in [3.8, 4) is 0 Å². The molecule has 5 nitrogen and oxygen atoms in total. The summed E-state index contributed by atoms with van der Waals surface area (Å²) in [6, 6.07) is 0. The Morgan fingerprint density at radius 3 is 1.50 bits per heavy atom. The van der Waals surface area contributed by atoms with Gasteiger partial charge in [-0.2, -0.15) is 0 Å². The number of hydrogen-bond acceptors (Lipinski definition) is 4. The minimum atomic E-state index is -1.38. The van der Waals surface area contributed by atoms with Crippen LogP contribution in [0.4, 0.5) is 0 Å². The van der Waals surface area contributed by atoms with E-state index in [4.69, 9.17) is 14.4 Å². The predicted molar refractivity (Wildman–Crippen MR) is 18.3 cm³/mol. The number of rotatable bonds is 1. The molecule has 54 valence electrons. The van der Waals surface area contributed by atoms with Gasteiger partial charge in [0.2, 0.25) is 5.78 Å². The Kier molecular flexibility index (Phi) is 20.2. The van der Waals surface area contributed by atoms with Gasteiger partial charge in [0.25, 0.3) is 0 Å². The number of carboxylic acids is 1. The summed E-state index contributed by atoms with van der Waals surface area (Å²) in [7, 11) is 0. The maximum absolute atomic E-state index is 9.54. The SMILES string of the molecule is CC(=O)C(=O)O.[Na+].[O-][Cl+][O-]. The molecule has 0 aromatic rings. The van der Waals surface area contributed by atoms with Crippen molar-refractivity contribution >= 4 is 11.8 Å². The first-order valence-corrected chi connectivity index (χ1v) is 2.31. The maximum atomic E-state index is 9.54. The van der Waals surface area contributed by atoms with E-state index in [0.29, 0.717) is 0 Å². The Bertz CT molecular complexity index is 93.1. The van der Waals surface area contributed by atoms with Crippen molar-refractivity contribution in [2.45, 2.75) is 6.92 Å². The second-order valence-corrected chi connectivity index (χ2v) is 1.05. The molecule has 0 rings (SSSR count). The maximum Gasteiger partial charge on any atom is 1.00 e. The third kappa shape index (κ3) is 23.8. The molecule has 0 fully saturated rings. The smallest absolute Gasteiger partial charge is 0.544 e. The molecule has 7 heteroatoms. The van der Waals surface area contributed by atoms with Gasteiger partial charge in [-0.25, -0.2) is 4.79 Å². The summed E-state index contributed by atoms with van der Waals surface area (Å²) in [6.45, 7) is 1.00. The van der Waals surface area contributed by atoms with Crippen molar-refractivity contribution in [3.63, 3.8) is 0 Å². The molecule has 0 aliphatic heterocycles. The Hall–Kier alpha value is 0.350. The van der Waals surface area contributed by atoms with Gasteiger partial charge < -0.3 is 14.4 Å². The van der Waals surface area contributed by atoms with E-state index in [1.165, 1.54) is 0 Å². The van der Waals surface area contributed by atoms with E-state index in [9.17, 15) is 9.59 Å². The van der Waals surface area contributed by atoms with Crippen molar-refractivity contribution in [2.75, 3.05) is 0 Å². The quantitative estimate of drug-likeness (QED) is 0.319. The van der Waals surface area contributed by atoms with Crippen LogP contribution in [-0.4, -0.2) is 16.9 Å². The molecule has 0 aromatic heterocycles. The van der Waals surface area contributed by atoms with Crippen LogP contribution < -0.4 is 38.9 Å². The summed E-state index contributed by atoms with van der Waals surface area (Å²) in [5.41, 5.74) is 0. The fraction of sp³-hybridized carbons (Fsp3) is 0.333. The fourth-order valence-corrected chi connectivity index (χ4v) is 0. The topological polar surface area (TPSA) is 100 Å². The monoisotopic (exact) mass is 178 g/mol. The number of hydrogen-bond donors (Lipinski definition) is 1. The summed E-state index contributed by atoms with van der Waals surface area (Å²) in [4.78, 5) is 18.9. The second-order valence-electron chi connectivity index (χ2n) is 0.924.